The van der Waals surface area contributed by atoms with Crippen molar-refractivity contribution >= 4 is 42.7 Å². The maximum Gasteiger partial charge on any atom is 0.192 e. The van der Waals surface area contributed by atoms with Crippen molar-refractivity contribution in [2.75, 3.05) is 6.61 Å². The van der Waals surface area contributed by atoms with Crippen LogP contribution in [-0.4, -0.2) is 76.6 Å². The van der Waals surface area contributed by atoms with Gasteiger partial charge in [0.25, 0.3) is 0 Å². The number of nitrogens with zero attached hydrogens (tertiary/aromatic N) is 4. The second-order valence-electron chi connectivity index (χ2n) is 16.4. The first-order valence-electron chi connectivity index (χ1n) is 15.8. The van der Waals surface area contributed by atoms with E-state index in [0.717, 1.165) is 0 Å². The number of hydrogen-bond acceptors (Lipinski definition) is 8. The van der Waals surface area contributed by atoms with Crippen LogP contribution >= 0.6 is 0 Å². The molecule has 0 bridgehead atoms. The predicted octanol–water partition coefficient (Wildman–Crippen LogP) is 8.89. The van der Waals surface area contributed by atoms with Crippen molar-refractivity contribution in [1.82, 2.24) is 9.55 Å². The van der Waals surface area contributed by atoms with E-state index in [1.54, 1.807) is 12.5 Å². The lowest BCUT2D eigenvalue weighted by Crippen LogP contribution is -2.54. The van der Waals surface area contributed by atoms with E-state index in [1.165, 1.54) is 0 Å². The molecule has 9 nitrogen and oxygen atoms in total. The third kappa shape index (κ3) is 8.36. The van der Waals surface area contributed by atoms with Crippen molar-refractivity contribution in [3.05, 3.63) is 12.0 Å². The largest absolute Gasteiger partial charge is 0.414 e. The van der Waals surface area contributed by atoms with E-state index in [4.69, 9.17) is 23.0 Å². The fourth-order valence-electron chi connectivity index (χ4n) is 4.15. The highest BCUT2D eigenvalue weighted by Gasteiger charge is 2.55. The van der Waals surface area contributed by atoms with Crippen LogP contribution < -0.4 is 0 Å². The van der Waals surface area contributed by atoms with E-state index in [-0.39, 0.29) is 27.3 Å². The molecule has 0 spiro atoms. The summed E-state index contributed by atoms with van der Waals surface area (Å²) in [5.74, 6) is 0.572. The molecule has 2 heterocycles. The molecule has 1 saturated heterocycles. The summed E-state index contributed by atoms with van der Waals surface area (Å²) in [6.45, 7) is 38.1. The minimum Gasteiger partial charge on any atom is -0.414 e. The molecule has 0 amide bonds. The summed E-state index contributed by atoms with van der Waals surface area (Å²) in [6, 6.07) is 0. The average Bonchev–Trinajstić information content (AvgIpc) is 3.38. The van der Waals surface area contributed by atoms with Gasteiger partial charge in [0.15, 0.2) is 37.0 Å². The summed E-state index contributed by atoms with van der Waals surface area (Å²) in [6.07, 6.45) is 2.26. The summed E-state index contributed by atoms with van der Waals surface area (Å²) in [4.78, 5) is 9.35. The Morgan fingerprint density at radius 3 is 1.81 bits per heavy atom. The maximum absolute atomic E-state index is 9.75. The number of aliphatic imine (C=N–C) groups is 1. The molecule has 1 fully saturated rings. The van der Waals surface area contributed by atoms with Gasteiger partial charge in [0.2, 0.25) is 0 Å². The quantitative estimate of drug-likeness (QED) is 0.111. The van der Waals surface area contributed by atoms with Gasteiger partial charge in [-0.3, -0.25) is 4.57 Å². The number of imidazole rings is 1. The average molecular weight is 655 g/mol. The monoisotopic (exact) mass is 654 g/mol. The fraction of sp³-hybridized carbons (Fsp3) is 0.839. The van der Waals surface area contributed by atoms with Crippen LogP contribution in [0.3, 0.4) is 0 Å². The van der Waals surface area contributed by atoms with Crippen molar-refractivity contribution in [2.45, 2.75) is 162 Å². The SMILES string of the molecule is C/C=N/c1c(/C(CC)=N/O)ncn1[C@@H]1O[C@H](CO[Si](C)(C)C(C)(C)C)[C@@H](O[Si](C)(C)C(C)(C)C)[C@H]1O[Si](C)(C)C(C)(C)C. The fourth-order valence-corrected chi connectivity index (χ4v) is 7.77. The summed E-state index contributed by atoms with van der Waals surface area (Å²) in [5.41, 5.74) is 0.992. The first-order chi connectivity index (χ1) is 19.3. The normalized spacial score (nSPS) is 23.5. The summed E-state index contributed by atoms with van der Waals surface area (Å²) in [5, 5.41) is 13.3. The Morgan fingerprint density at radius 1 is 0.907 bits per heavy atom. The Hall–Kier alpha value is -1.16. The van der Waals surface area contributed by atoms with Crippen molar-refractivity contribution in [1.29, 1.82) is 0 Å². The highest BCUT2D eigenvalue weighted by Crippen LogP contribution is 2.47. The third-order valence-corrected chi connectivity index (χ3v) is 23.6. The molecule has 0 saturated carbocycles. The zero-order valence-corrected chi connectivity index (χ0v) is 33.2. The molecule has 248 valence electrons. The topological polar surface area (TPSA) is 99.7 Å². The lowest BCUT2D eigenvalue weighted by atomic mass is 10.1. The van der Waals surface area contributed by atoms with Crippen LogP contribution in [0, 0.1) is 0 Å². The zero-order chi connectivity index (χ0) is 33.4. The van der Waals surface area contributed by atoms with Gasteiger partial charge in [-0.15, -0.1) is 0 Å². The van der Waals surface area contributed by atoms with Crippen LogP contribution in [0.15, 0.2) is 16.5 Å². The molecule has 1 aromatic rings. The second kappa shape index (κ2) is 13.3. The summed E-state index contributed by atoms with van der Waals surface area (Å²) >= 11 is 0. The van der Waals surface area contributed by atoms with Gasteiger partial charge < -0.3 is 23.2 Å². The van der Waals surface area contributed by atoms with Crippen LogP contribution in [0.2, 0.25) is 54.4 Å². The lowest BCUT2D eigenvalue weighted by Gasteiger charge is -2.44. The van der Waals surface area contributed by atoms with Crippen LogP contribution in [0.4, 0.5) is 5.82 Å². The predicted molar refractivity (Wildman–Crippen MR) is 186 cm³/mol. The van der Waals surface area contributed by atoms with Gasteiger partial charge >= 0.3 is 0 Å². The Balaban J connectivity index is 2.79. The Kier molecular flexibility index (Phi) is 11.8. The molecule has 1 aromatic heterocycles. The number of hydrogen-bond donors (Lipinski definition) is 1. The minimum atomic E-state index is -2.30. The molecule has 0 unspecified atom stereocenters. The highest BCUT2D eigenvalue weighted by atomic mass is 28.4. The van der Waals surface area contributed by atoms with Crippen molar-refractivity contribution in [3.63, 3.8) is 0 Å². The number of rotatable bonds is 11. The first kappa shape index (κ1) is 38.0. The van der Waals surface area contributed by atoms with Gasteiger partial charge in [0.05, 0.1) is 12.9 Å². The Morgan fingerprint density at radius 2 is 1.40 bits per heavy atom. The molecule has 1 aliphatic rings. The van der Waals surface area contributed by atoms with Gasteiger partial charge in [-0.2, -0.15) is 0 Å². The summed E-state index contributed by atoms with van der Waals surface area (Å²) < 4.78 is 30.2. The zero-order valence-electron chi connectivity index (χ0n) is 30.2. The van der Waals surface area contributed by atoms with Crippen LogP contribution in [0.5, 0.6) is 0 Å². The van der Waals surface area contributed by atoms with Gasteiger partial charge in [-0.05, 0) is 67.7 Å². The third-order valence-electron chi connectivity index (χ3n) is 10.2. The number of ether oxygens (including phenoxy) is 1. The van der Waals surface area contributed by atoms with E-state index >= 15 is 0 Å². The van der Waals surface area contributed by atoms with E-state index < -0.39 is 37.3 Å². The smallest absolute Gasteiger partial charge is 0.192 e. The summed E-state index contributed by atoms with van der Waals surface area (Å²) in [7, 11) is -6.65. The molecule has 0 aliphatic carbocycles. The molecule has 2 rings (SSSR count). The molecule has 12 heteroatoms. The van der Waals surface area contributed by atoms with E-state index in [2.05, 4.69) is 112 Å². The van der Waals surface area contributed by atoms with Gasteiger partial charge in [-0.25, -0.2) is 9.98 Å². The molecule has 1 N–H and O–H groups in total. The number of oxime groups is 1. The van der Waals surface area contributed by atoms with Crippen molar-refractivity contribution in [2.24, 2.45) is 10.1 Å². The molecular weight excluding hydrogens is 593 g/mol. The van der Waals surface area contributed by atoms with Crippen LogP contribution in [0.1, 0.15) is 94.5 Å². The standard InChI is InChI=1S/C31H62N4O5Si3/c1-18-22(34-36)24-27(32-19-2)35(21-33-24)28-26(40-43(16,17)31(9,10)11)25(39-42(14,15)30(6,7)8)23(38-28)20-37-41(12,13)29(3,4)5/h19,21,23,25-26,28,36H,18,20H2,1-17H3/b32-19+,34-22+/t23-,25-,26-,28-/m1/s1. The van der Waals surface area contributed by atoms with E-state index in [1.807, 2.05) is 18.4 Å². The molecule has 0 radical (unpaired) electrons. The molecule has 0 aromatic carbocycles. The first-order valence-corrected chi connectivity index (χ1v) is 24.5. The molecular formula is C31H62N4O5Si3. The Bertz CT molecular complexity index is 1140. The maximum atomic E-state index is 9.75. The second-order valence-corrected chi connectivity index (χ2v) is 30.8. The van der Waals surface area contributed by atoms with E-state index in [9.17, 15) is 5.21 Å². The van der Waals surface area contributed by atoms with Crippen LogP contribution in [-0.2, 0) is 18.0 Å². The van der Waals surface area contributed by atoms with Gasteiger partial charge in [0, 0.05) is 6.21 Å². The lowest BCUT2D eigenvalue weighted by molar-refractivity contribution is -0.0479. The molecule has 1 aliphatic heterocycles. The molecule has 4 atom stereocenters. The van der Waals surface area contributed by atoms with E-state index in [0.29, 0.717) is 30.3 Å². The molecule has 43 heavy (non-hydrogen) atoms. The van der Waals surface area contributed by atoms with Gasteiger partial charge in [0.1, 0.15) is 29.7 Å². The van der Waals surface area contributed by atoms with Crippen molar-refractivity contribution < 1.29 is 23.2 Å². The highest BCUT2D eigenvalue weighted by molar-refractivity contribution is 6.75. The van der Waals surface area contributed by atoms with Crippen LogP contribution in [0.25, 0.3) is 0 Å². The van der Waals surface area contributed by atoms with Crippen molar-refractivity contribution in [3.8, 4) is 0 Å². The Labute approximate surface area is 265 Å². The minimum absolute atomic E-state index is 0.00902. The van der Waals surface area contributed by atoms with Gasteiger partial charge in [-0.1, -0.05) is 74.4 Å². The number of aromatic nitrogens is 2.